The minimum Gasteiger partial charge on any atom is -0.343 e. The van der Waals surface area contributed by atoms with Crippen molar-refractivity contribution in [2.45, 2.75) is 20.3 Å². The van der Waals surface area contributed by atoms with Crippen molar-refractivity contribution in [2.24, 2.45) is 0 Å². The Balaban J connectivity index is 2.27. The van der Waals surface area contributed by atoms with Gasteiger partial charge in [-0.05, 0) is 31.6 Å². The van der Waals surface area contributed by atoms with Crippen molar-refractivity contribution in [1.82, 2.24) is 4.98 Å². The Hall–Kier alpha value is -0.930. The van der Waals surface area contributed by atoms with Gasteiger partial charge in [0.2, 0.25) is 0 Å². The summed E-state index contributed by atoms with van der Waals surface area (Å²) in [5.74, 6) is 0. The highest BCUT2D eigenvalue weighted by Crippen LogP contribution is 2.16. The molecular weight excluding hydrogens is 222 g/mol. The van der Waals surface area contributed by atoms with Gasteiger partial charge in [-0.1, -0.05) is 29.3 Å². The fourth-order valence-corrected chi connectivity index (χ4v) is 2.87. The van der Waals surface area contributed by atoms with E-state index in [1.54, 1.807) is 11.3 Å². The molecule has 0 radical (unpaired) electrons. The van der Waals surface area contributed by atoms with Crippen LogP contribution in [-0.4, -0.2) is 4.98 Å². The van der Waals surface area contributed by atoms with Crippen molar-refractivity contribution >= 4 is 23.6 Å². The third-order valence-electron chi connectivity index (χ3n) is 2.23. The van der Waals surface area contributed by atoms with Gasteiger partial charge in [0.25, 0.3) is 0 Å². The standard InChI is InChI=1S/C12H13NS2/c1-8-3-9(2)5-10(4-8)6-11-7-13-12(14)15-11/h3-5,7H,6H2,1-2H3,(H,13,14). The van der Waals surface area contributed by atoms with Crippen LogP contribution in [0, 0.1) is 17.8 Å². The third-order valence-corrected chi connectivity index (χ3v) is 3.43. The number of benzene rings is 1. The second kappa shape index (κ2) is 4.29. The predicted molar refractivity (Wildman–Crippen MR) is 68.2 cm³/mol. The molecule has 0 aliphatic rings. The summed E-state index contributed by atoms with van der Waals surface area (Å²) in [6, 6.07) is 6.66. The molecule has 0 spiro atoms. The van der Waals surface area contributed by atoms with Gasteiger partial charge in [0.1, 0.15) is 0 Å². The quantitative estimate of drug-likeness (QED) is 0.778. The molecule has 2 aromatic rings. The molecule has 2 rings (SSSR count). The number of aryl methyl sites for hydroxylation is 2. The first-order valence-corrected chi connectivity index (χ1v) is 6.10. The van der Waals surface area contributed by atoms with Crippen molar-refractivity contribution in [1.29, 1.82) is 0 Å². The summed E-state index contributed by atoms with van der Waals surface area (Å²) in [4.78, 5) is 4.35. The Morgan fingerprint density at radius 1 is 1.20 bits per heavy atom. The number of rotatable bonds is 2. The van der Waals surface area contributed by atoms with Crippen LogP contribution >= 0.6 is 23.6 Å². The van der Waals surface area contributed by atoms with Crippen LogP contribution in [0.5, 0.6) is 0 Å². The fourth-order valence-electron chi connectivity index (χ4n) is 1.78. The molecular formula is C12H13NS2. The van der Waals surface area contributed by atoms with E-state index in [-0.39, 0.29) is 0 Å². The zero-order valence-corrected chi connectivity index (χ0v) is 10.5. The Bertz CT molecular complexity index is 502. The van der Waals surface area contributed by atoms with E-state index in [4.69, 9.17) is 12.2 Å². The van der Waals surface area contributed by atoms with Gasteiger partial charge in [0.15, 0.2) is 3.95 Å². The van der Waals surface area contributed by atoms with Crippen molar-refractivity contribution < 1.29 is 0 Å². The molecule has 1 heterocycles. The first-order valence-electron chi connectivity index (χ1n) is 4.88. The van der Waals surface area contributed by atoms with E-state index in [1.807, 2.05) is 6.20 Å². The van der Waals surface area contributed by atoms with E-state index >= 15 is 0 Å². The van der Waals surface area contributed by atoms with Gasteiger partial charge in [-0.25, -0.2) is 0 Å². The average molecular weight is 235 g/mol. The van der Waals surface area contributed by atoms with Crippen LogP contribution in [0.2, 0.25) is 0 Å². The van der Waals surface area contributed by atoms with Gasteiger partial charge in [0.05, 0.1) is 0 Å². The van der Waals surface area contributed by atoms with E-state index in [1.165, 1.54) is 21.6 Å². The van der Waals surface area contributed by atoms with Crippen LogP contribution < -0.4 is 0 Å². The molecule has 0 aliphatic heterocycles. The average Bonchev–Trinajstić information content (AvgIpc) is 2.49. The van der Waals surface area contributed by atoms with Gasteiger partial charge < -0.3 is 4.98 Å². The maximum atomic E-state index is 5.06. The van der Waals surface area contributed by atoms with Crippen LogP contribution in [-0.2, 0) is 6.42 Å². The van der Waals surface area contributed by atoms with Crippen molar-refractivity contribution in [3.63, 3.8) is 0 Å². The molecule has 0 saturated carbocycles. The second-order valence-electron chi connectivity index (χ2n) is 3.82. The minimum absolute atomic E-state index is 0.856. The normalized spacial score (nSPS) is 10.5. The molecule has 78 valence electrons. The Morgan fingerprint density at radius 2 is 1.87 bits per heavy atom. The maximum Gasteiger partial charge on any atom is 0.158 e. The topological polar surface area (TPSA) is 15.8 Å². The summed E-state index contributed by atoms with van der Waals surface area (Å²) >= 11 is 6.72. The van der Waals surface area contributed by atoms with Gasteiger partial charge in [0, 0.05) is 17.5 Å². The van der Waals surface area contributed by atoms with Crippen LogP contribution in [0.3, 0.4) is 0 Å². The van der Waals surface area contributed by atoms with Gasteiger partial charge in [-0.15, -0.1) is 11.3 Å². The van der Waals surface area contributed by atoms with Crippen LogP contribution in [0.25, 0.3) is 0 Å². The van der Waals surface area contributed by atoms with E-state index < -0.39 is 0 Å². The molecule has 0 atom stereocenters. The summed E-state index contributed by atoms with van der Waals surface area (Å²) in [7, 11) is 0. The molecule has 1 aromatic carbocycles. The lowest BCUT2D eigenvalue weighted by molar-refractivity contribution is 1.19. The number of H-pyrrole nitrogens is 1. The largest absolute Gasteiger partial charge is 0.343 e. The second-order valence-corrected chi connectivity index (χ2v) is 5.62. The lowest BCUT2D eigenvalue weighted by Gasteiger charge is -2.02. The lowest BCUT2D eigenvalue weighted by atomic mass is 10.0. The minimum atomic E-state index is 0.856. The molecule has 1 aromatic heterocycles. The molecule has 0 saturated heterocycles. The summed E-state index contributed by atoms with van der Waals surface area (Å²) in [6.07, 6.45) is 2.98. The molecule has 0 unspecified atom stereocenters. The number of aromatic nitrogens is 1. The molecule has 1 nitrogen and oxygen atoms in total. The predicted octanol–water partition coefficient (Wildman–Crippen LogP) is 4.01. The van der Waals surface area contributed by atoms with E-state index in [0.29, 0.717) is 0 Å². The van der Waals surface area contributed by atoms with E-state index in [2.05, 4.69) is 37.0 Å². The van der Waals surface area contributed by atoms with Gasteiger partial charge >= 0.3 is 0 Å². The molecule has 15 heavy (non-hydrogen) atoms. The summed E-state index contributed by atoms with van der Waals surface area (Å²) in [5.41, 5.74) is 4.01. The summed E-state index contributed by atoms with van der Waals surface area (Å²) in [5, 5.41) is 0. The Kier molecular flexibility index (Phi) is 3.03. The van der Waals surface area contributed by atoms with Crippen LogP contribution in [0.15, 0.2) is 24.4 Å². The number of aromatic amines is 1. The van der Waals surface area contributed by atoms with Gasteiger partial charge in [-0.2, -0.15) is 0 Å². The van der Waals surface area contributed by atoms with Crippen molar-refractivity contribution in [2.75, 3.05) is 0 Å². The number of hydrogen-bond donors (Lipinski definition) is 1. The molecule has 0 fully saturated rings. The first kappa shape index (κ1) is 10.6. The summed E-state index contributed by atoms with van der Waals surface area (Å²) in [6.45, 7) is 4.27. The van der Waals surface area contributed by atoms with Gasteiger partial charge in [-0.3, -0.25) is 0 Å². The number of hydrogen-bond acceptors (Lipinski definition) is 2. The lowest BCUT2D eigenvalue weighted by Crippen LogP contribution is -1.87. The van der Waals surface area contributed by atoms with Crippen LogP contribution in [0.1, 0.15) is 21.6 Å². The number of thiazole rings is 1. The SMILES string of the molecule is Cc1cc(C)cc(Cc2c[nH]c(=S)s2)c1. The highest BCUT2D eigenvalue weighted by Gasteiger charge is 2.00. The zero-order valence-electron chi connectivity index (χ0n) is 8.83. The number of nitrogens with one attached hydrogen (secondary N) is 1. The third kappa shape index (κ3) is 2.76. The molecule has 0 bridgehead atoms. The molecule has 3 heteroatoms. The first-order chi connectivity index (χ1) is 7.13. The fraction of sp³-hybridized carbons (Fsp3) is 0.250. The van der Waals surface area contributed by atoms with E-state index in [0.717, 1.165) is 10.4 Å². The smallest absolute Gasteiger partial charge is 0.158 e. The monoisotopic (exact) mass is 235 g/mol. The Labute approximate surface area is 98.8 Å². The molecule has 0 aliphatic carbocycles. The van der Waals surface area contributed by atoms with Crippen LogP contribution in [0.4, 0.5) is 0 Å². The highest BCUT2D eigenvalue weighted by molar-refractivity contribution is 7.73. The van der Waals surface area contributed by atoms with Crippen molar-refractivity contribution in [3.8, 4) is 0 Å². The van der Waals surface area contributed by atoms with Crippen molar-refractivity contribution in [3.05, 3.63) is 49.9 Å². The highest BCUT2D eigenvalue weighted by atomic mass is 32.1. The maximum absolute atomic E-state index is 5.06. The van der Waals surface area contributed by atoms with E-state index in [9.17, 15) is 0 Å². The molecule has 1 N–H and O–H groups in total. The Morgan fingerprint density at radius 3 is 2.40 bits per heavy atom. The zero-order chi connectivity index (χ0) is 10.8. The molecule has 0 amide bonds. The summed E-state index contributed by atoms with van der Waals surface area (Å²) < 4.78 is 0.856.